The second kappa shape index (κ2) is 18.0. The molecule has 0 radical (unpaired) electrons. The van der Waals surface area contributed by atoms with E-state index in [1.54, 1.807) is 21.9 Å². The van der Waals surface area contributed by atoms with Crippen molar-refractivity contribution in [1.82, 2.24) is 9.80 Å². The molecule has 0 spiro atoms. The predicted octanol–water partition coefficient (Wildman–Crippen LogP) is 8.61. The Balaban J connectivity index is 1.11. The van der Waals surface area contributed by atoms with Crippen LogP contribution in [0.2, 0.25) is 0 Å². The Hall–Kier alpha value is -4.24. The van der Waals surface area contributed by atoms with Crippen LogP contribution in [0.25, 0.3) is 0 Å². The largest absolute Gasteiger partial charge is 0.325 e. The lowest BCUT2D eigenvalue weighted by Crippen LogP contribution is -2.36. The molecule has 0 aliphatic carbocycles. The number of hydrogen-bond donors (Lipinski definition) is 2. The molecule has 2 heterocycles. The van der Waals surface area contributed by atoms with E-state index in [0.717, 1.165) is 8.95 Å². The number of halogens is 2. The van der Waals surface area contributed by atoms with Crippen molar-refractivity contribution < 1.29 is 19.2 Å². The molecule has 6 rings (SSSR count). The van der Waals surface area contributed by atoms with E-state index < -0.39 is 10.5 Å². The molecule has 2 aliphatic heterocycles. The number of nitrogens with zero attached hydrogens (tertiary/aromatic N) is 4. The van der Waals surface area contributed by atoms with Gasteiger partial charge >= 0.3 is 0 Å². The Bertz CT molecular complexity index is 1860. The molecule has 0 aromatic heterocycles. The normalized spacial score (nSPS) is 18.7. The zero-order chi connectivity index (χ0) is 36.5. The van der Waals surface area contributed by atoms with Crippen LogP contribution in [-0.4, -0.2) is 67.4 Å². The highest BCUT2D eigenvalue weighted by Gasteiger charge is 2.41. The molecule has 0 bridgehead atoms. The molecular formula is C38H34Br2N6O4S2. The fourth-order valence-electron chi connectivity index (χ4n) is 5.49. The van der Waals surface area contributed by atoms with Crippen molar-refractivity contribution in [2.24, 2.45) is 9.98 Å². The van der Waals surface area contributed by atoms with Crippen LogP contribution >= 0.6 is 55.4 Å². The van der Waals surface area contributed by atoms with Gasteiger partial charge in [-0.25, -0.2) is 9.98 Å². The molecule has 2 saturated heterocycles. The zero-order valence-corrected chi connectivity index (χ0v) is 32.6. The lowest BCUT2D eigenvalue weighted by atomic mass is 10.2. The standard InChI is InChI=1S/C38H34Br2N6O4S2/c39-27-17-7-9-19-29(27)43-33(47)23-31-35(49)45(37(51-31)41-25-13-3-1-4-14-25)21-11-12-22-46-36(50)32(52-38(46)42-26-15-5-2-6-16-26)24-34(48)44-30-20-10-8-18-28(30)40/h1-10,13-20,31-32H,11-12,21-24H2,(H,43,47)(H,44,48)/t31-,32-/m1/s1. The van der Waals surface area contributed by atoms with Crippen molar-refractivity contribution in [1.29, 1.82) is 0 Å². The molecule has 10 nitrogen and oxygen atoms in total. The van der Waals surface area contributed by atoms with Gasteiger partial charge in [0.2, 0.25) is 23.6 Å². The fraction of sp³-hybridized carbons (Fsp3) is 0.211. The first-order chi connectivity index (χ1) is 25.2. The lowest BCUT2D eigenvalue weighted by molar-refractivity contribution is -0.128. The smallest absolute Gasteiger partial charge is 0.242 e. The third-order valence-electron chi connectivity index (χ3n) is 8.05. The summed E-state index contributed by atoms with van der Waals surface area (Å²) in [5, 5.41) is 5.58. The van der Waals surface area contributed by atoms with Crippen LogP contribution in [0.15, 0.2) is 128 Å². The molecule has 2 N–H and O–H groups in total. The van der Waals surface area contributed by atoms with Gasteiger partial charge in [0.15, 0.2) is 10.3 Å². The van der Waals surface area contributed by atoms with E-state index in [0.29, 0.717) is 59.0 Å². The molecule has 2 fully saturated rings. The van der Waals surface area contributed by atoms with Gasteiger partial charge in [-0.3, -0.25) is 29.0 Å². The van der Waals surface area contributed by atoms with Crippen LogP contribution in [0, 0.1) is 0 Å². The summed E-state index contributed by atoms with van der Waals surface area (Å²) in [5.41, 5.74) is 2.68. The molecule has 4 aromatic carbocycles. The second-order valence-electron chi connectivity index (χ2n) is 11.8. The minimum absolute atomic E-state index is 0.00977. The van der Waals surface area contributed by atoms with Crippen molar-refractivity contribution in [3.63, 3.8) is 0 Å². The number of carbonyl (C=O) groups excluding carboxylic acids is 4. The average Bonchev–Trinajstić information content (AvgIpc) is 3.58. The number of unbranched alkanes of at least 4 members (excludes halogenated alkanes) is 1. The summed E-state index contributed by atoms with van der Waals surface area (Å²) in [6.07, 6.45) is 1.11. The number of carbonyl (C=O) groups is 4. The topological polar surface area (TPSA) is 124 Å². The molecule has 52 heavy (non-hydrogen) atoms. The first kappa shape index (κ1) is 37.5. The number of rotatable bonds is 13. The van der Waals surface area contributed by atoms with E-state index in [4.69, 9.17) is 9.98 Å². The highest BCUT2D eigenvalue weighted by molar-refractivity contribution is 9.11. The van der Waals surface area contributed by atoms with Gasteiger partial charge in [0.1, 0.15) is 10.5 Å². The Morgan fingerprint density at radius 1 is 0.577 bits per heavy atom. The van der Waals surface area contributed by atoms with E-state index in [1.807, 2.05) is 97.1 Å². The average molecular weight is 863 g/mol. The monoisotopic (exact) mass is 860 g/mol. The molecule has 2 aliphatic rings. The first-order valence-electron chi connectivity index (χ1n) is 16.6. The number of para-hydroxylation sites is 4. The number of thioether (sulfide) groups is 2. The van der Waals surface area contributed by atoms with Crippen LogP contribution in [0.1, 0.15) is 25.7 Å². The van der Waals surface area contributed by atoms with Crippen LogP contribution in [0.4, 0.5) is 22.7 Å². The van der Waals surface area contributed by atoms with Gasteiger partial charge in [-0.15, -0.1) is 0 Å². The van der Waals surface area contributed by atoms with Gasteiger partial charge in [0.05, 0.1) is 22.7 Å². The Kier molecular flexibility index (Phi) is 13.0. The van der Waals surface area contributed by atoms with Crippen molar-refractivity contribution in [3.05, 3.63) is 118 Å². The number of nitrogens with one attached hydrogen (secondary N) is 2. The van der Waals surface area contributed by atoms with Crippen LogP contribution < -0.4 is 10.6 Å². The van der Waals surface area contributed by atoms with E-state index >= 15 is 0 Å². The summed E-state index contributed by atoms with van der Waals surface area (Å²) in [6.45, 7) is 0.718. The maximum absolute atomic E-state index is 13.7. The second-order valence-corrected chi connectivity index (χ2v) is 15.9. The van der Waals surface area contributed by atoms with Gasteiger partial charge in [0.25, 0.3) is 0 Å². The minimum atomic E-state index is -0.630. The summed E-state index contributed by atoms with van der Waals surface area (Å²) in [7, 11) is 0. The van der Waals surface area contributed by atoms with Crippen molar-refractivity contribution >= 4 is 112 Å². The summed E-state index contributed by atoms with van der Waals surface area (Å²) < 4.78 is 1.51. The van der Waals surface area contributed by atoms with Gasteiger partial charge in [-0.2, -0.15) is 0 Å². The van der Waals surface area contributed by atoms with Gasteiger partial charge in [-0.05, 0) is 93.2 Å². The minimum Gasteiger partial charge on any atom is -0.325 e. The van der Waals surface area contributed by atoms with Crippen molar-refractivity contribution in [2.45, 2.75) is 36.2 Å². The van der Waals surface area contributed by atoms with Gasteiger partial charge in [0, 0.05) is 34.9 Å². The number of aliphatic imine (C=N–C) groups is 2. The molecule has 266 valence electrons. The van der Waals surface area contributed by atoms with Gasteiger partial charge in [-0.1, -0.05) is 84.2 Å². The number of hydrogen-bond acceptors (Lipinski definition) is 8. The maximum atomic E-state index is 13.7. The van der Waals surface area contributed by atoms with E-state index in [2.05, 4.69) is 42.5 Å². The fourth-order valence-corrected chi connectivity index (χ4v) is 8.63. The van der Waals surface area contributed by atoms with Crippen LogP contribution in [0.3, 0.4) is 0 Å². The van der Waals surface area contributed by atoms with Crippen molar-refractivity contribution in [2.75, 3.05) is 23.7 Å². The van der Waals surface area contributed by atoms with Crippen LogP contribution in [0.5, 0.6) is 0 Å². The Morgan fingerprint density at radius 2 is 0.942 bits per heavy atom. The zero-order valence-electron chi connectivity index (χ0n) is 27.8. The highest BCUT2D eigenvalue weighted by Crippen LogP contribution is 2.35. The summed E-state index contributed by atoms with van der Waals surface area (Å²) in [6, 6.07) is 33.4. The third kappa shape index (κ3) is 9.79. The molecular weight excluding hydrogens is 828 g/mol. The Labute approximate surface area is 327 Å². The molecule has 0 unspecified atom stereocenters. The SMILES string of the molecule is O=C(C[C@H]1SC(=Nc2ccccc2)N(CCCCN2C(=O)[C@@H](CC(=O)Nc3ccccc3Br)SC2=Nc2ccccc2)C1=O)Nc1ccccc1Br. The molecule has 4 amide bonds. The third-order valence-corrected chi connectivity index (χ3v) is 11.8. The van der Waals surface area contributed by atoms with Gasteiger partial charge < -0.3 is 10.6 Å². The quantitative estimate of drug-likeness (QED) is 0.130. The first-order valence-corrected chi connectivity index (χ1v) is 19.9. The lowest BCUT2D eigenvalue weighted by Gasteiger charge is -2.19. The number of amidine groups is 2. The number of benzene rings is 4. The van der Waals surface area contributed by atoms with E-state index in [-0.39, 0.29) is 36.5 Å². The summed E-state index contributed by atoms with van der Waals surface area (Å²) in [5.74, 6) is -0.906. The molecule has 0 saturated carbocycles. The maximum Gasteiger partial charge on any atom is 0.242 e. The number of amides is 4. The van der Waals surface area contributed by atoms with E-state index in [9.17, 15) is 19.2 Å². The summed E-state index contributed by atoms with van der Waals surface area (Å²) >= 11 is 9.47. The molecule has 4 aromatic rings. The predicted molar refractivity (Wildman–Crippen MR) is 217 cm³/mol. The Morgan fingerprint density at radius 3 is 1.33 bits per heavy atom. The highest BCUT2D eigenvalue weighted by atomic mass is 79.9. The molecule has 14 heteroatoms. The summed E-state index contributed by atoms with van der Waals surface area (Å²) in [4.78, 5) is 66.3. The van der Waals surface area contributed by atoms with Crippen LogP contribution in [-0.2, 0) is 19.2 Å². The molecule has 2 atom stereocenters. The van der Waals surface area contributed by atoms with Crippen molar-refractivity contribution in [3.8, 4) is 0 Å². The number of anilines is 2. The van der Waals surface area contributed by atoms with E-state index in [1.165, 1.54) is 23.5 Å².